The van der Waals surface area contributed by atoms with Crippen LogP contribution in [0, 0.1) is 13.8 Å². The molecule has 0 unspecified atom stereocenters. The highest BCUT2D eigenvalue weighted by Crippen LogP contribution is 2.24. The van der Waals surface area contributed by atoms with Gasteiger partial charge in [-0.25, -0.2) is 4.79 Å². The van der Waals surface area contributed by atoms with E-state index < -0.39 is 5.97 Å². The van der Waals surface area contributed by atoms with Gasteiger partial charge < -0.3 is 10.8 Å². The molecule has 0 aliphatic heterocycles. The van der Waals surface area contributed by atoms with E-state index in [1.165, 1.54) is 0 Å². The van der Waals surface area contributed by atoms with Gasteiger partial charge in [0.05, 0.1) is 5.56 Å². The Hall–Kier alpha value is -1.51. The Morgan fingerprint density at radius 3 is 2.43 bits per heavy atom. The predicted octanol–water partition coefficient (Wildman–Crippen LogP) is 2.15. The van der Waals surface area contributed by atoms with E-state index in [1.807, 2.05) is 20.8 Å². The van der Waals surface area contributed by atoms with Crippen LogP contribution in [0.25, 0.3) is 0 Å². The standard InChI is InChI=1S/C11H15NO2/c1-4-8-5-9(11(13)14)10(12)7(3)6(8)2/h5H,4,12H2,1-3H3,(H,13,14). The first kappa shape index (κ1) is 10.6. The Bertz CT molecular complexity index is 383. The average Bonchev–Trinajstić information content (AvgIpc) is 2.14. The molecule has 1 aromatic carbocycles. The van der Waals surface area contributed by atoms with Gasteiger partial charge in [0.1, 0.15) is 0 Å². The van der Waals surface area contributed by atoms with Crippen molar-refractivity contribution >= 4 is 11.7 Å². The Balaban J connectivity index is 3.48. The maximum Gasteiger partial charge on any atom is 0.337 e. The molecule has 0 aliphatic carbocycles. The van der Waals surface area contributed by atoms with Gasteiger partial charge >= 0.3 is 5.97 Å². The van der Waals surface area contributed by atoms with E-state index in [9.17, 15) is 4.79 Å². The van der Waals surface area contributed by atoms with Gasteiger partial charge in [0.15, 0.2) is 0 Å². The first-order chi connectivity index (χ1) is 6.49. The van der Waals surface area contributed by atoms with Crippen molar-refractivity contribution in [1.82, 2.24) is 0 Å². The molecule has 1 aromatic rings. The fourth-order valence-corrected chi connectivity index (χ4v) is 1.55. The fraction of sp³-hybridized carbons (Fsp3) is 0.364. The normalized spacial score (nSPS) is 10.2. The molecule has 0 aliphatic rings. The second-order valence-corrected chi connectivity index (χ2v) is 3.41. The summed E-state index contributed by atoms with van der Waals surface area (Å²) in [5.74, 6) is -0.958. The zero-order valence-electron chi connectivity index (χ0n) is 8.72. The van der Waals surface area contributed by atoms with Gasteiger partial charge in [-0.1, -0.05) is 6.92 Å². The Morgan fingerprint density at radius 2 is 2.00 bits per heavy atom. The van der Waals surface area contributed by atoms with Gasteiger partial charge in [0.2, 0.25) is 0 Å². The number of aromatic carboxylic acids is 1. The van der Waals surface area contributed by atoms with E-state index in [0.717, 1.165) is 23.1 Å². The molecule has 0 aromatic heterocycles. The summed E-state index contributed by atoms with van der Waals surface area (Å²) in [6.07, 6.45) is 0.827. The maximum atomic E-state index is 10.9. The summed E-state index contributed by atoms with van der Waals surface area (Å²) in [6.45, 7) is 5.83. The minimum atomic E-state index is -0.958. The molecule has 3 heteroatoms. The van der Waals surface area contributed by atoms with Gasteiger partial charge in [0, 0.05) is 5.69 Å². The van der Waals surface area contributed by atoms with Crippen molar-refractivity contribution in [3.8, 4) is 0 Å². The van der Waals surface area contributed by atoms with E-state index in [1.54, 1.807) is 6.07 Å². The quantitative estimate of drug-likeness (QED) is 0.707. The van der Waals surface area contributed by atoms with Crippen molar-refractivity contribution in [2.75, 3.05) is 5.73 Å². The molecular weight excluding hydrogens is 178 g/mol. The highest BCUT2D eigenvalue weighted by Gasteiger charge is 2.13. The zero-order chi connectivity index (χ0) is 10.9. The number of carboxylic acid groups (broad SMARTS) is 1. The number of hydrogen-bond donors (Lipinski definition) is 2. The molecule has 0 amide bonds. The number of anilines is 1. The van der Waals surface area contributed by atoms with Gasteiger partial charge in [-0.3, -0.25) is 0 Å². The highest BCUT2D eigenvalue weighted by molar-refractivity contribution is 5.95. The number of carbonyl (C=O) groups is 1. The van der Waals surface area contributed by atoms with Gasteiger partial charge in [-0.2, -0.15) is 0 Å². The highest BCUT2D eigenvalue weighted by atomic mass is 16.4. The van der Waals surface area contributed by atoms with E-state index in [2.05, 4.69) is 0 Å². The van der Waals surface area contributed by atoms with Crippen molar-refractivity contribution in [2.45, 2.75) is 27.2 Å². The monoisotopic (exact) mass is 193 g/mol. The van der Waals surface area contributed by atoms with Crippen LogP contribution in [0.1, 0.15) is 34.0 Å². The van der Waals surface area contributed by atoms with Gasteiger partial charge in [-0.15, -0.1) is 0 Å². The SMILES string of the molecule is CCc1cc(C(=O)O)c(N)c(C)c1C. The number of nitrogen functional groups attached to an aromatic ring is 1. The summed E-state index contributed by atoms with van der Waals surface area (Å²) < 4.78 is 0. The van der Waals surface area contributed by atoms with Crippen LogP contribution < -0.4 is 5.73 Å². The van der Waals surface area contributed by atoms with Gasteiger partial charge in [-0.05, 0) is 43.0 Å². The van der Waals surface area contributed by atoms with Crippen molar-refractivity contribution in [3.63, 3.8) is 0 Å². The van der Waals surface area contributed by atoms with Crippen LogP contribution in [-0.2, 0) is 6.42 Å². The van der Waals surface area contributed by atoms with Gasteiger partial charge in [0.25, 0.3) is 0 Å². The van der Waals surface area contributed by atoms with E-state index in [4.69, 9.17) is 10.8 Å². The third kappa shape index (κ3) is 1.58. The first-order valence-electron chi connectivity index (χ1n) is 4.60. The molecule has 0 saturated carbocycles. The van der Waals surface area contributed by atoms with Crippen molar-refractivity contribution < 1.29 is 9.90 Å². The molecule has 0 bridgehead atoms. The number of nitrogens with two attached hydrogens (primary N) is 1. The summed E-state index contributed by atoms with van der Waals surface area (Å²) in [7, 11) is 0. The molecule has 3 nitrogen and oxygen atoms in total. The molecule has 3 N–H and O–H groups in total. The second-order valence-electron chi connectivity index (χ2n) is 3.41. The lowest BCUT2D eigenvalue weighted by Crippen LogP contribution is -2.07. The lowest BCUT2D eigenvalue weighted by molar-refractivity contribution is 0.0698. The van der Waals surface area contributed by atoms with Crippen molar-refractivity contribution in [1.29, 1.82) is 0 Å². The number of rotatable bonds is 2. The zero-order valence-corrected chi connectivity index (χ0v) is 8.72. The molecule has 1 rings (SSSR count). The Kier molecular flexibility index (Phi) is 2.79. The summed E-state index contributed by atoms with van der Waals surface area (Å²) in [5.41, 5.74) is 9.34. The molecule has 0 atom stereocenters. The van der Waals surface area contributed by atoms with Crippen molar-refractivity contribution in [3.05, 3.63) is 28.3 Å². The number of carboxylic acids is 1. The maximum absolute atomic E-state index is 10.9. The summed E-state index contributed by atoms with van der Waals surface area (Å²) in [4.78, 5) is 10.9. The van der Waals surface area contributed by atoms with E-state index in [0.29, 0.717) is 5.69 Å². The lowest BCUT2D eigenvalue weighted by Gasteiger charge is -2.12. The third-order valence-corrected chi connectivity index (χ3v) is 2.67. The van der Waals surface area contributed by atoms with Crippen LogP contribution >= 0.6 is 0 Å². The Labute approximate surface area is 83.6 Å². The summed E-state index contributed by atoms with van der Waals surface area (Å²) >= 11 is 0. The van der Waals surface area contributed by atoms with Crippen LogP contribution in [0.5, 0.6) is 0 Å². The van der Waals surface area contributed by atoms with Crippen LogP contribution in [0.4, 0.5) is 5.69 Å². The molecule has 14 heavy (non-hydrogen) atoms. The van der Waals surface area contributed by atoms with Crippen LogP contribution in [0.15, 0.2) is 6.07 Å². The molecule has 0 fully saturated rings. The van der Waals surface area contributed by atoms with Crippen LogP contribution in [-0.4, -0.2) is 11.1 Å². The lowest BCUT2D eigenvalue weighted by atomic mass is 9.96. The Morgan fingerprint density at radius 1 is 1.43 bits per heavy atom. The molecule has 76 valence electrons. The average molecular weight is 193 g/mol. The molecule has 0 heterocycles. The summed E-state index contributed by atoms with van der Waals surface area (Å²) in [5, 5.41) is 8.92. The second kappa shape index (κ2) is 3.70. The van der Waals surface area contributed by atoms with Crippen LogP contribution in [0.2, 0.25) is 0 Å². The van der Waals surface area contributed by atoms with E-state index in [-0.39, 0.29) is 5.56 Å². The number of aryl methyl sites for hydroxylation is 1. The van der Waals surface area contributed by atoms with E-state index >= 15 is 0 Å². The number of hydrogen-bond acceptors (Lipinski definition) is 2. The smallest absolute Gasteiger partial charge is 0.337 e. The fourth-order valence-electron chi connectivity index (χ4n) is 1.55. The van der Waals surface area contributed by atoms with Crippen molar-refractivity contribution in [2.24, 2.45) is 0 Å². The number of benzene rings is 1. The predicted molar refractivity (Wildman–Crippen MR) is 56.7 cm³/mol. The third-order valence-electron chi connectivity index (χ3n) is 2.67. The minimum Gasteiger partial charge on any atom is -0.478 e. The molecule has 0 saturated heterocycles. The minimum absolute atomic E-state index is 0.213. The molecule has 0 spiro atoms. The molecular formula is C11H15NO2. The van der Waals surface area contributed by atoms with Crippen LogP contribution in [0.3, 0.4) is 0 Å². The molecule has 0 radical (unpaired) electrons. The summed E-state index contributed by atoms with van der Waals surface area (Å²) in [6, 6.07) is 1.67. The first-order valence-corrected chi connectivity index (χ1v) is 4.60. The largest absolute Gasteiger partial charge is 0.478 e. The topological polar surface area (TPSA) is 63.3 Å².